The summed E-state index contributed by atoms with van der Waals surface area (Å²) in [4.78, 5) is 18.2. The van der Waals surface area contributed by atoms with Crippen molar-refractivity contribution >= 4 is 27.6 Å². The summed E-state index contributed by atoms with van der Waals surface area (Å²) in [5, 5.41) is 6.25. The van der Waals surface area contributed by atoms with Crippen LogP contribution >= 0.6 is 0 Å². The Bertz CT molecular complexity index is 1380. The summed E-state index contributed by atoms with van der Waals surface area (Å²) >= 11 is 0. The SMILES string of the molecule is CCn1cc(-c2cnc3c(S(C)(=O)=O)nc(C)cn23)cn1.O=CNc1cccc(F)c1F. The molecule has 3 aromatic heterocycles. The average Bonchev–Trinajstić information content (AvgIpc) is 3.37. The number of hydrogen-bond donors (Lipinski definition) is 1. The van der Waals surface area contributed by atoms with Gasteiger partial charge < -0.3 is 5.32 Å². The minimum Gasteiger partial charge on any atom is -0.326 e. The minimum absolute atomic E-state index is 0.00312. The van der Waals surface area contributed by atoms with E-state index in [1.807, 2.05) is 18.4 Å². The van der Waals surface area contributed by atoms with Crippen molar-refractivity contribution in [1.29, 1.82) is 0 Å². The summed E-state index contributed by atoms with van der Waals surface area (Å²) < 4.78 is 52.2. The molecule has 0 saturated carbocycles. The second-order valence-corrected chi connectivity index (χ2v) is 8.68. The number of aromatic nitrogens is 5. The van der Waals surface area contributed by atoms with Crippen LogP contribution in [0.15, 0.2) is 48.0 Å². The van der Waals surface area contributed by atoms with Gasteiger partial charge in [-0.2, -0.15) is 5.10 Å². The molecule has 0 bridgehead atoms. The van der Waals surface area contributed by atoms with Gasteiger partial charge in [-0.3, -0.25) is 13.9 Å². The second-order valence-electron chi connectivity index (χ2n) is 6.74. The van der Waals surface area contributed by atoms with E-state index in [2.05, 4.69) is 15.1 Å². The molecule has 32 heavy (non-hydrogen) atoms. The Morgan fingerprint density at radius 1 is 1.19 bits per heavy atom. The maximum Gasteiger partial charge on any atom is 0.211 e. The van der Waals surface area contributed by atoms with Gasteiger partial charge in [-0.1, -0.05) is 6.07 Å². The molecule has 0 saturated heterocycles. The number of nitrogens with one attached hydrogen (secondary N) is 1. The van der Waals surface area contributed by atoms with Gasteiger partial charge in [0.1, 0.15) is 0 Å². The molecule has 1 aromatic carbocycles. The van der Waals surface area contributed by atoms with Crippen LogP contribution in [0.1, 0.15) is 12.6 Å². The van der Waals surface area contributed by atoms with Crippen molar-refractivity contribution in [2.75, 3.05) is 11.6 Å². The fraction of sp³-hybridized carbons (Fsp3) is 0.200. The van der Waals surface area contributed by atoms with E-state index in [4.69, 9.17) is 0 Å². The van der Waals surface area contributed by atoms with Gasteiger partial charge >= 0.3 is 0 Å². The highest BCUT2D eigenvalue weighted by molar-refractivity contribution is 7.90. The van der Waals surface area contributed by atoms with Crippen molar-refractivity contribution in [2.45, 2.75) is 25.4 Å². The molecule has 0 aliphatic carbocycles. The Labute approximate surface area is 182 Å². The first-order valence-electron chi connectivity index (χ1n) is 9.37. The number of imidazole rings is 1. The third kappa shape index (κ3) is 4.80. The Morgan fingerprint density at radius 3 is 2.56 bits per heavy atom. The normalized spacial score (nSPS) is 11.2. The number of benzene rings is 1. The van der Waals surface area contributed by atoms with E-state index in [1.165, 1.54) is 12.1 Å². The third-order valence-electron chi connectivity index (χ3n) is 4.35. The summed E-state index contributed by atoms with van der Waals surface area (Å²) in [6.45, 7) is 4.53. The lowest BCUT2D eigenvalue weighted by atomic mass is 10.3. The number of carbonyl (C=O) groups is 1. The van der Waals surface area contributed by atoms with Gasteiger partial charge in [0.05, 0.1) is 29.5 Å². The van der Waals surface area contributed by atoms with Crippen molar-refractivity contribution < 1.29 is 22.0 Å². The van der Waals surface area contributed by atoms with E-state index in [0.29, 0.717) is 11.3 Å². The molecule has 0 atom stereocenters. The van der Waals surface area contributed by atoms with Crippen LogP contribution in [0.5, 0.6) is 0 Å². The molecule has 3 heterocycles. The zero-order valence-electron chi connectivity index (χ0n) is 17.5. The molecule has 0 unspecified atom stereocenters. The Balaban J connectivity index is 0.000000222. The predicted octanol–water partition coefficient (Wildman–Crippen LogP) is 2.86. The lowest BCUT2D eigenvalue weighted by Crippen LogP contribution is -2.06. The summed E-state index contributed by atoms with van der Waals surface area (Å²) in [6.07, 6.45) is 8.48. The number of sulfone groups is 1. The van der Waals surface area contributed by atoms with E-state index in [1.54, 1.807) is 34.6 Å². The Hall–Kier alpha value is -3.67. The van der Waals surface area contributed by atoms with Crippen LogP contribution in [0.4, 0.5) is 14.5 Å². The van der Waals surface area contributed by atoms with Crippen LogP contribution < -0.4 is 5.32 Å². The first-order valence-corrected chi connectivity index (χ1v) is 11.3. The van der Waals surface area contributed by atoms with Crippen LogP contribution in [0.25, 0.3) is 16.9 Å². The van der Waals surface area contributed by atoms with E-state index in [-0.39, 0.29) is 17.1 Å². The van der Waals surface area contributed by atoms with Gasteiger partial charge in [0.2, 0.25) is 6.41 Å². The van der Waals surface area contributed by atoms with E-state index < -0.39 is 21.5 Å². The van der Waals surface area contributed by atoms with Crippen molar-refractivity contribution in [1.82, 2.24) is 24.1 Å². The molecule has 1 amide bonds. The minimum atomic E-state index is -3.44. The van der Waals surface area contributed by atoms with Crippen LogP contribution in [-0.4, -0.2) is 45.2 Å². The summed E-state index contributed by atoms with van der Waals surface area (Å²) in [7, 11) is -3.44. The highest BCUT2D eigenvalue weighted by atomic mass is 32.2. The molecule has 0 aliphatic rings. The summed E-state index contributed by atoms with van der Waals surface area (Å²) in [5.41, 5.74) is 2.47. The highest BCUT2D eigenvalue weighted by Crippen LogP contribution is 2.23. The molecular formula is C20H20F2N6O3S. The van der Waals surface area contributed by atoms with E-state index >= 15 is 0 Å². The second kappa shape index (κ2) is 9.22. The van der Waals surface area contributed by atoms with Gasteiger partial charge in [-0.15, -0.1) is 0 Å². The molecule has 0 radical (unpaired) electrons. The number of nitrogens with zero attached hydrogens (tertiary/aromatic N) is 5. The lowest BCUT2D eigenvalue weighted by Gasteiger charge is -2.04. The highest BCUT2D eigenvalue weighted by Gasteiger charge is 2.19. The zero-order chi connectivity index (χ0) is 23.5. The Kier molecular flexibility index (Phi) is 6.63. The largest absolute Gasteiger partial charge is 0.326 e. The molecule has 4 rings (SSSR count). The number of halogens is 2. The van der Waals surface area contributed by atoms with E-state index in [9.17, 15) is 22.0 Å². The number of carbonyl (C=O) groups excluding carboxylic acids is 1. The van der Waals surface area contributed by atoms with Crippen LogP contribution in [0.2, 0.25) is 0 Å². The number of rotatable bonds is 5. The smallest absolute Gasteiger partial charge is 0.211 e. The lowest BCUT2D eigenvalue weighted by molar-refractivity contribution is -0.105. The van der Waals surface area contributed by atoms with E-state index in [0.717, 1.165) is 30.1 Å². The number of amides is 1. The van der Waals surface area contributed by atoms with Crippen molar-refractivity contribution in [3.8, 4) is 11.3 Å². The molecular weight excluding hydrogens is 442 g/mol. The van der Waals surface area contributed by atoms with Gasteiger partial charge in [-0.05, 0) is 26.0 Å². The van der Waals surface area contributed by atoms with Crippen LogP contribution in [-0.2, 0) is 21.2 Å². The third-order valence-corrected chi connectivity index (χ3v) is 5.33. The predicted molar refractivity (Wildman–Crippen MR) is 114 cm³/mol. The van der Waals surface area contributed by atoms with Crippen LogP contribution in [0.3, 0.4) is 0 Å². The van der Waals surface area contributed by atoms with Crippen LogP contribution in [0, 0.1) is 18.6 Å². The molecule has 4 aromatic rings. The fourth-order valence-electron chi connectivity index (χ4n) is 2.89. The number of anilines is 1. The maximum atomic E-state index is 12.6. The summed E-state index contributed by atoms with van der Waals surface area (Å²) in [5.74, 6) is -2.02. The first-order chi connectivity index (χ1) is 15.2. The molecule has 0 aliphatic heterocycles. The maximum absolute atomic E-state index is 12.6. The van der Waals surface area contributed by atoms with Crippen molar-refractivity contribution in [2.24, 2.45) is 0 Å². The molecule has 0 spiro atoms. The molecule has 9 nitrogen and oxygen atoms in total. The van der Waals surface area contributed by atoms with Crippen molar-refractivity contribution in [3.05, 3.63) is 60.3 Å². The number of fused-ring (bicyclic) bond motifs is 1. The molecule has 12 heteroatoms. The van der Waals surface area contributed by atoms with Gasteiger partial charge in [0.15, 0.2) is 32.1 Å². The molecule has 1 N–H and O–H groups in total. The topological polar surface area (TPSA) is 111 Å². The summed E-state index contributed by atoms with van der Waals surface area (Å²) in [6, 6.07) is 3.56. The Morgan fingerprint density at radius 2 is 1.94 bits per heavy atom. The standard InChI is InChI=1S/C13H15N5O2S.C7H5F2NO/c1-4-17-8-10(5-15-17)11-6-14-12-13(21(3,19)20)16-9(2)7-18(11)12;8-5-2-1-3-6(7(5)9)10-4-11/h5-8H,4H2,1-3H3;1-4H,(H,10,11). The van der Waals surface area contributed by atoms with Crippen molar-refractivity contribution in [3.63, 3.8) is 0 Å². The number of hydrogen-bond acceptors (Lipinski definition) is 6. The monoisotopic (exact) mass is 462 g/mol. The molecule has 0 fully saturated rings. The fourth-order valence-corrected chi connectivity index (χ4v) is 3.68. The van der Waals surface area contributed by atoms with Gasteiger partial charge in [0.25, 0.3) is 0 Å². The average molecular weight is 462 g/mol. The molecule has 168 valence electrons. The number of aryl methyl sites for hydroxylation is 2. The van der Waals surface area contributed by atoms with Gasteiger partial charge in [-0.25, -0.2) is 27.2 Å². The first kappa shape index (κ1) is 23.0. The van der Waals surface area contributed by atoms with Gasteiger partial charge in [0, 0.05) is 30.8 Å². The quantitative estimate of drug-likeness (QED) is 0.457. The zero-order valence-corrected chi connectivity index (χ0v) is 18.3.